The Morgan fingerprint density at radius 2 is 2.07 bits per heavy atom. The molecule has 152 valence electrons. The van der Waals surface area contributed by atoms with Crippen molar-refractivity contribution in [2.75, 3.05) is 33.5 Å². The molecule has 2 aliphatic heterocycles. The molecule has 7 heteroatoms. The first-order valence-electron chi connectivity index (χ1n) is 9.74. The van der Waals surface area contributed by atoms with Gasteiger partial charge < -0.3 is 23.8 Å². The summed E-state index contributed by atoms with van der Waals surface area (Å²) >= 11 is 0. The first kappa shape index (κ1) is 20.0. The highest BCUT2D eigenvalue weighted by Crippen LogP contribution is 2.40. The number of fused-ring (bicyclic) bond motifs is 1. The van der Waals surface area contributed by atoms with Crippen LogP contribution >= 0.6 is 0 Å². The highest BCUT2D eigenvalue weighted by atomic mass is 16.6. The van der Waals surface area contributed by atoms with E-state index >= 15 is 0 Å². The van der Waals surface area contributed by atoms with E-state index < -0.39 is 5.97 Å². The molecule has 0 spiro atoms. The van der Waals surface area contributed by atoms with Crippen LogP contribution in [0.25, 0.3) is 6.08 Å². The molecule has 1 fully saturated rings. The molecule has 0 aliphatic carbocycles. The predicted octanol–water partition coefficient (Wildman–Crippen LogP) is 2.81. The number of benzene rings is 1. The van der Waals surface area contributed by atoms with Crippen molar-refractivity contribution >= 4 is 18.0 Å². The topological polar surface area (TPSA) is 74.3 Å². The van der Waals surface area contributed by atoms with Crippen molar-refractivity contribution in [1.82, 2.24) is 4.90 Å². The number of carbonyl (C=O) groups excluding carboxylic acids is 2. The third-order valence-electron chi connectivity index (χ3n) is 5.02. The molecule has 0 radical (unpaired) electrons. The fraction of sp³-hybridized carbons (Fsp3) is 0.524. The number of likely N-dealkylation sites (tertiary alicyclic amines) is 1. The number of nitrogens with zero attached hydrogens (tertiary/aromatic N) is 1. The van der Waals surface area contributed by atoms with Crippen molar-refractivity contribution in [3.05, 3.63) is 23.8 Å². The maximum absolute atomic E-state index is 12.4. The highest BCUT2D eigenvalue weighted by molar-refractivity contribution is 5.89. The van der Waals surface area contributed by atoms with Crippen molar-refractivity contribution in [3.8, 4) is 17.2 Å². The summed E-state index contributed by atoms with van der Waals surface area (Å²) in [4.78, 5) is 26.2. The van der Waals surface area contributed by atoms with Crippen molar-refractivity contribution in [2.24, 2.45) is 0 Å². The highest BCUT2D eigenvalue weighted by Gasteiger charge is 2.25. The molecule has 1 amide bonds. The molecule has 1 atom stereocenters. The fourth-order valence-electron chi connectivity index (χ4n) is 3.57. The van der Waals surface area contributed by atoms with Gasteiger partial charge in [-0.25, -0.2) is 4.79 Å². The molecule has 3 rings (SSSR count). The number of piperidine rings is 1. The van der Waals surface area contributed by atoms with Crippen LogP contribution in [0.5, 0.6) is 17.2 Å². The standard InChI is InChI=1S/C21H27NO6/c1-3-16-6-4-5-9-22(16)19(23)14-28-20(24)8-7-15-12-17(25-2)21-18(13-15)26-10-11-27-21/h7-8,12-13,16H,3-6,9-11,14H2,1-2H3/b8-7+/t16-/m0/s1. The number of rotatable bonds is 6. The third-order valence-corrected chi connectivity index (χ3v) is 5.02. The second kappa shape index (κ2) is 9.48. The lowest BCUT2D eigenvalue weighted by atomic mass is 10.00. The molecule has 7 nitrogen and oxygen atoms in total. The molecule has 0 aromatic heterocycles. The third kappa shape index (κ3) is 4.77. The number of hydrogen-bond donors (Lipinski definition) is 0. The van der Waals surface area contributed by atoms with Crippen molar-refractivity contribution in [3.63, 3.8) is 0 Å². The zero-order chi connectivity index (χ0) is 19.9. The first-order chi connectivity index (χ1) is 13.6. The lowest BCUT2D eigenvalue weighted by Crippen LogP contribution is -2.45. The largest absolute Gasteiger partial charge is 0.493 e. The lowest BCUT2D eigenvalue weighted by molar-refractivity contribution is -0.150. The molecule has 28 heavy (non-hydrogen) atoms. The summed E-state index contributed by atoms with van der Waals surface area (Å²) in [5.41, 5.74) is 0.714. The minimum atomic E-state index is -0.563. The second-order valence-electron chi connectivity index (χ2n) is 6.83. The minimum Gasteiger partial charge on any atom is -0.493 e. The van der Waals surface area contributed by atoms with Crippen LogP contribution in [0.4, 0.5) is 0 Å². The van der Waals surface area contributed by atoms with Crippen LogP contribution in [-0.4, -0.2) is 56.3 Å². The van der Waals surface area contributed by atoms with Gasteiger partial charge in [0.1, 0.15) is 13.2 Å². The average Bonchev–Trinajstić information content (AvgIpc) is 2.75. The van der Waals surface area contributed by atoms with E-state index in [1.807, 2.05) is 4.90 Å². The van der Waals surface area contributed by atoms with Gasteiger partial charge in [-0.1, -0.05) is 6.92 Å². The van der Waals surface area contributed by atoms with E-state index in [4.69, 9.17) is 18.9 Å². The number of carbonyl (C=O) groups is 2. The Morgan fingerprint density at radius 1 is 1.25 bits per heavy atom. The average molecular weight is 389 g/mol. The summed E-state index contributed by atoms with van der Waals surface area (Å²) in [6.07, 6.45) is 6.98. The van der Waals surface area contributed by atoms with Crippen LogP contribution < -0.4 is 14.2 Å². The van der Waals surface area contributed by atoms with Gasteiger partial charge in [-0.05, 0) is 49.5 Å². The van der Waals surface area contributed by atoms with Gasteiger partial charge in [0.05, 0.1) is 7.11 Å². The fourth-order valence-corrected chi connectivity index (χ4v) is 3.57. The van der Waals surface area contributed by atoms with Gasteiger partial charge in [0.2, 0.25) is 5.75 Å². The Kier molecular flexibility index (Phi) is 6.79. The van der Waals surface area contributed by atoms with Crippen LogP contribution in [0, 0.1) is 0 Å². The summed E-state index contributed by atoms with van der Waals surface area (Å²) in [6, 6.07) is 3.77. The van der Waals surface area contributed by atoms with Crippen LogP contribution in [0.2, 0.25) is 0 Å². The molecular weight excluding hydrogens is 362 g/mol. The minimum absolute atomic E-state index is 0.130. The van der Waals surface area contributed by atoms with E-state index in [0.29, 0.717) is 36.0 Å². The lowest BCUT2D eigenvalue weighted by Gasteiger charge is -2.35. The Balaban J connectivity index is 1.57. The van der Waals surface area contributed by atoms with E-state index in [2.05, 4.69) is 6.92 Å². The van der Waals surface area contributed by atoms with Crippen LogP contribution in [0.1, 0.15) is 38.2 Å². The Hall–Kier alpha value is -2.70. The van der Waals surface area contributed by atoms with E-state index in [1.165, 1.54) is 6.08 Å². The molecule has 2 heterocycles. The van der Waals surface area contributed by atoms with Crippen molar-refractivity contribution in [1.29, 1.82) is 0 Å². The van der Waals surface area contributed by atoms with E-state index in [1.54, 1.807) is 25.3 Å². The maximum Gasteiger partial charge on any atom is 0.331 e. The maximum atomic E-state index is 12.4. The zero-order valence-corrected chi connectivity index (χ0v) is 16.4. The van der Waals surface area contributed by atoms with Gasteiger partial charge >= 0.3 is 5.97 Å². The second-order valence-corrected chi connectivity index (χ2v) is 6.83. The van der Waals surface area contributed by atoms with Gasteiger partial charge in [0.15, 0.2) is 18.1 Å². The normalized spacial score (nSPS) is 18.8. The predicted molar refractivity (Wildman–Crippen MR) is 104 cm³/mol. The van der Waals surface area contributed by atoms with Crippen molar-refractivity contribution < 1.29 is 28.5 Å². The van der Waals surface area contributed by atoms with Gasteiger partial charge in [-0.3, -0.25) is 4.79 Å². The van der Waals surface area contributed by atoms with E-state index in [-0.39, 0.29) is 18.6 Å². The number of methoxy groups -OCH3 is 1. The van der Waals surface area contributed by atoms with Crippen LogP contribution in [-0.2, 0) is 14.3 Å². The number of hydrogen-bond acceptors (Lipinski definition) is 6. The van der Waals surface area contributed by atoms with Crippen LogP contribution in [0.3, 0.4) is 0 Å². The van der Waals surface area contributed by atoms with Gasteiger partial charge in [-0.15, -0.1) is 0 Å². The summed E-state index contributed by atoms with van der Waals surface area (Å²) in [7, 11) is 1.55. The smallest absolute Gasteiger partial charge is 0.331 e. The Labute approximate surface area is 165 Å². The van der Waals surface area contributed by atoms with Crippen LogP contribution in [0.15, 0.2) is 18.2 Å². The Bertz CT molecular complexity index is 727. The van der Waals surface area contributed by atoms with E-state index in [9.17, 15) is 9.59 Å². The Morgan fingerprint density at radius 3 is 2.86 bits per heavy atom. The molecule has 1 aromatic carbocycles. The molecule has 1 saturated heterocycles. The summed E-state index contributed by atoms with van der Waals surface area (Å²) in [5.74, 6) is 0.980. The van der Waals surface area contributed by atoms with Gasteiger partial charge in [0, 0.05) is 18.7 Å². The quantitative estimate of drug-likeness (QED) is 0.550. The number of esters is 1. The monoisotopic (exact) mass is 389 g/mol. The van der Waals surface area contributed by atoms with E-state index in [0.717, 1.165) is 32.2 Å². The summed E-state index contributed by atoms with van der Waals surface area (Å²) in [6.45, 7) is 3.51. The van der Waals surface area contributed by atoms with Crippen molar-refractivity contribution in [2.45, 2.75) is 38.6 Å². The molecule has 0 N–H and O–H groups in total. The number of amides is 1. The zero-order valence-electron chi connectivity index (χ0n) is 16.4. The molecule has 1 aromatic rings. The number of ether oxygens (including phenoxy) is 4. The molecule has 0 bridgehead atoms. The molecule has 0 unspecified atom stereocenters. The SMILES string of the molecule is CC[C@H]1CCCCN1C(=O)COC(=O)/C=C/c1cc(OC)c2c(c1)OCCO2. The molecule has 0 saturated carbocycles. The summed E-state index contributed by atoms with van der Waals surface area (Å²) in [5, 5.41) is 0. The molecule has 2 aliphatic rings. The first-order valence-corrected chi connectivity index (χ1v) is 9.74. The van der Waals surface area contributed by atoms with Gasteiger partial charge in [0.25, 0.3) is 5.91 Å². The molecular formula is C21H27NO6. The van der Waals surface area contributed by atoms with Gasteiger partial charge in [-0.2, -0.15) is 0 Å². The summed E-state index contributed by atoms with van der Waals surface area (Å²) < 4.78 is 21.6.